The van der Waals surface area contributed by atoms with Gasteiger partial charge >= 0.3 is 0 Å². The number of aromatic nitrogens is 4. The quantitative estimate of drug-likeness (QED) is 0.814. The van der Waals surface area contributed by atoms with Crippen LogP contribution in [0.3, 0.4) is 0 Å². The molecule has 2 aromatic heterocycles. The molecule has 2 aromatic rings. The zero-order valence-electron chi connectivity index (χ0n) is 9.47. The SMILES string of the molecule is CNc1nnc(C(=O)NCc2ccnn2C)s1. The molecule has 2 N–H and O–H groups in total. The Morgan fingerprint density at radius 2 is 2.35 bits per heavy atom. The molecule has 90 valence electrons. The molecular weight excluding hydrogens is 240 g/mol. The molecule has 17 heavy (non-hydrogen) atoms. The first-order valence-corrected chi connectivity index (χ1v) is 5.78. The minimum atomic E-state index is -0.231. The Morgan fingerprint density at radius 3 is 2.94 bits per heavy atom. The number of nitrogens with zero attached hydrogens (tertiary/aromatic N) is 4. The monoisotopic (exact) mass is 252 g/mol. The molecule has 0 atom stereocenters. The first kappa shape index (κ1) is 11.5. The van der Waals surface area contributed by atoms with Crippen LogP contribution in [0.15, 0.2) is 12.3 Å². The number of amides is 1. The van der Waals surface area contributed by atoms with Gasteiger partial charge in [-0.3, -0.25) is 9.48 Å². The molecule has 2 heterocycles. The number of carbonyl (C=O) groups excluding carboxylic acids is 1. The van der Waals surface area contributed by atoms with Gasteiger partial charge in [0.25, 0.3) is 5.91 Å². The molecule has 1 amide bonds. The van der Waals surface area contributed by atoms with E-state index in [4.69, 9.17) is 0 Å². The molecule has 0 aliphatic rings. The average Bonchev–Trinajstić information content (AvgIpc) is 2.94. The Balaban J connectivity index is 1.95. The van der Waals surface area contributed by atoms with Crippen LogP contribution in [0, 0.1) is 0 Å². The third-order valence-corrected chi connectivity index (χ3v) is 3.13. The van der Waals surface area contributed by atoms with Crippen LogP contribution in [0.5, 0.6) is 0 Å². The second-order valence-electron chi connectivity index (χ2n) is 3.29. The van der Waals surface area contributed by atoms with Gasteiger partial charge in [0.05, 0.1) is 12.2 Å². The zero-order valence-corrected chi connectivity index (χ0v) is 10.3. The summed E-state index contributed by atoms with van der Waals surface area (Å²) in [6.07, 6.45) is 1.69. The lowest BCUT2D eigenvalue weighted by atomic mass is 10.4. The van der Waals surface area contributed by atoms with Gasteiger partial charge in [0.2, 0.25) is 10.1 Å². The van der Waals surface area contributed by atoms with E-state index in [1.165, 1.54) is 11.3 Å². The predicted octanol–water partition coefficient (Wildman–Crippen LogP) is 0.243. The van der Waals surface area contributed by atoms with Gasteiger partial charge in [-0.25, -0.2) is 0 Å². The summed E-state index contributed by atoms with van der Waals surface area (Å²) in [5.41, 5.74) is 0.928. The van der Waals surface area contributed by atoms with Crippen LogP contribution in [-0.2, 0) is 13.6 Å². The van der Waals surface area contributed by atoms with Crippen molar-refractivity contribution in [3.05, 3.63) is 23.0 Å². The number of rotatable bonds is 4. The van der Waals surface area contributed by atoms with E-state index in [1.54, 1.807) is 17.9 Å². The van der Waals surface area contributed by atoms with Crippen molar-refractivity contribution >= 4 is 22.4 Å². The number of nitrogens with one attached hydrogen (secondary N) is 2. The standard InChI is InChI=1S/C9H12N6OS/c1-10-9-14-13-8(17-9)7(16)11-5-6-3-4-12-15(6)2/h3-4H,5H2,1-2H3,(H,10,14)(H,11,16). The minimum absolute atomic E-state index is 0.231. The molecule has 0 aromatic carbocycles. The van der Waals surface area contributed by atoms with Crippen molar-refractivity contribution in [1.29, 1.82) is 0 Å². The third-order valence-electron chi connectivity index (χ3n) is 2.19. The molecule has 0 saturated heterocycles. The lowest BCUT2D eigenvalue weighted by molar-refractivity contribution is 0.0949. The van der Waals surface area contributed by atoms with E-state index in [0.717, 1.165) is 5.69 Å². The summed E-state index contributed by atoms with van der Waals surface area (Å²) >= 11 is 1.21. The topological polar surface area (TPSA) is 84.7 Å². The van der Waals surface area contributed by atoms with E-state index in [0.29, 0.717) is 16.7 Å². The molecule has 7 nitrogen and oxygen atoms in total. The van der Waals surface area contributed by atoms with Crippen molar-refractivity contribution < 1.29 is 4.79 Å². The maximum Gasteiger partial charge on any atom is 0.282 e. The molecule has 0 saturated carbocycles. The highest BCUT2D eigenvalue weighted by Crippen LogP contribution is 2.13. The van der Waals surface area contributed by atoms with Crippen molar-refractivity contribution in [2.45, 2.75) is 6.54 Å². The summed E-state index contributed by atoms with van der Waals surface area (Å²) in [7, 11) is 3.56. The third kappa shape index (κ3) is 2.59. The molecule has 0 spiro atoms. The molecule has 0 bridgehead atoms. The number of aryl methyl sites for hydroxylation is 1. The fourth-order valence-electron chi connectivity index (χ4n) is 1.24. The molecule has 2 rings (SSSR count). The molecule has 8 heteroatoms. The Bertz CT molecular complexity index is 519. The van der Waals surface area contributed by atoms with Crippen molar-refractivity contribution in [2.24, 2.45) is 7.05 Å². The summed E-state index contributed by atoms with van der Waals surface area (Å²) in [5.74, 6) is -0.231. The normalized spacial score (nSPS) is 10.2. The van der Waals surface area contributed by atoms with E-state index >= 15 is 0 Å². The number of anilines is 1. The number of hydrogen-bond donors (Lipinski definition) is 2. The van der Waals surface area contributed by atoms with Crippen molar-refractivity contribution in [1.82, 2.24) is 25.3 Å². The van der Waals surface area contributed by atoms with E-state index in [2.05, 4.69) is 25.9 Å². The van der Waals surface area contributed by atoms with Gasteiger partial charge in [0.15, 0.2) is 0 Å². The number of carbonyl (C=O) groups is 1. The maximum absolute atomic E-state index is 11.7. The van der Waals surface area contributed by atoms with E-state index in [-0.39, 0.29) is 5.91 Å². The van der Waals surface area contributed by atoms with Crippen LogP contribution in [0.2, 0.25) is 0 Å². The molecular formula is C9H12N6OS. The highest BCUT2D eigenvalue weighted by Gasteiger charge is 2.12. The Labute approximate surface area is 102 Å². The minimum Gasteiger partial charge on any atom is -0.363 e. The first-order valence-electron chi connectivity index (χ1n) is 4.97. The second-order valence-corrected chi connectivity index (χ2v) is 4.27. The largest absolute Gasteiger partial charge is 0.363 e. The lowest BCUT2D eigenvalue weighted by Gasteiger charge is -2.02. The van der Waals surface area contributed by atoms with E-state index in [9.17, 15) is 4.79 Å². The summed E-state index contributed by atoms with van der Waals surface area (Å²) in [4.78, 5) is 11.7. The molecule has 0 aliphatic carbocycles. The highest BCUT2D eigenvalue weighted by molar-refractivity contribution is 7.17. The van der Waals surface area contributed by atoms with Crippen molar-refractivity contribution in [2.75, 3.05) is 12.4 Å². The summed E-state index contributed by atoms with van der Waals surface area (Å²) < 4.78 is 1.71. The smallest absolute Gasteiger partial charge is 0.282 e. The van der Waals surface area contributed by atoms with E-state index in [1.807, 2.05) is 13.1 Å². The first-order chi connectivity index (χ1) is 8.20. The van der Waals surface area contributed by atoms with Gasteiger partial charge in [-0.1, -0.05) is 11.3 Å². The van der Waals surface area contributed by atoms with Crippen LogP contribution in [-0.4, -0.2) is 32.9 Å². The fourth-order valence-corrected chi connectivity index (χ4v) is 1.85. The second kappa shape index (κ2) is 4.91. The van der Waals surface area contributed by atoms with Crippen LogP contribution < -0.4 is 10.6 Å². The summed E-state index contributed by atoms with van der Waals surface area (Å²) in [6.45, 7) is 0.420. The maximum atomic E-state index is 11.7. The Kier molecular flexibility index (Phi) is 3.33. The van der Waals surface area contributed by atoms with E-state index < -0.39 is 0 Å². The molecule has 0 unspecified atom stereocenters. The van der Waals surface area contributed by atoms with Gasteiger partial charge in [0, 0.05) is 20.3 Å². The predicted molar refractivity (Wildman–Crippen MR) is 63.8 cm³/mol. The lowest BCUT2D eigenvalue weighted by Crippen LogP contribution is -2.23. The molecule has 0 fully saturated rings. The van der Waals surface area contributed by atoms with Crippen LogP contribution >= 0.6 is 11.3 Å². The zero-order chi connectivity index (χ0) is 12.3. The summed E-state index contributed by atoms with van der Waals surface area (Å²) in [6, 6.07) is 1.85. The van der Waals surface area contributed by atoms with Gasteiger partial charge in [0.1, 0.15) is 0 Å². The van der Waals surface area contributed by atoms with Gasteiger partial charge < -0.3 is 10.6 Å². The van der Waals surface area contributed by atoms with Gasteiger partial charge in [-0.2, -0.15) is 5.10 Å². The average molecular weight is 252 g/mol. The van der Waals surface area contributed by atoms with Crippen LogP contribution in [0.1, 0.15) is 15.5 Å². The van der Waals surface area contributed by atoms with Crippen LogP contribution in [0.4, 0.5) is 5.13 Å². The van der Waals surface area contributed by atoms with Crippen LogP contribution in [0.25, 0.3) is 0 Å². The van der Waals surface area contributed by atoms with Gasteiger partial charge in [-0.15, -0.1) is 10.2 Å². The highest BCUT2D eigenvalue weighted by atomic mass is 32.1. The molecule has 0 aliphatic heterocycles. The van der Waals surface area contributed by atoms with Gasteiger partial charge in [-0.05, 0) is 6.07 Å². The van der Waals surface area contributed by atoms with Crippen molar-refractivity contribution in [3.8, 4) is 0 Å². The number of hydrogen-bond acceptors (Lipinski definition) is 6. The fraction of sp³-hybridized carbons (Fsp3) is 0.333. The summed E-state index contributed by atoms with van der Waals surface area (Å²) in [5, 5.41) is 18.1. The Morgan fingerprint density at radius 1 is 1.53 bits per heavy atom. The Hall–Kier alpha value is -1.96. The van der Waals surface area contributed by atoms with Crippen molar-refractivity contribution in [3.63, 3.8) is 0 Å². The molecule has 0 radical (unpaired) electrons.